The fourth-order valence-electron chi connectivity index (χ4n) is 2.18. The molecule has 1 heterocycles. The van der Waals surface area contributed by atoms with E-state index in [9.17, 15) is 14.9 Å². The van der Waals surface area contributed by atoms with E-state index >= 15 is 0 Å². The van der Waals surface area contributed by atoms with Gasteiger partial charge < -0.3 is 9.84 Å². The average Bonchev–Trinajstić information content (AvgIpc) is 3.14. The molecule has 0 unspecified atom stereocenters. The third-order valence-corrected chi connectivity index (χ3v) is 3.86. The molecule has 8 nitrogen and oxygen atoms in total. The zero-order valence-corrected chi connectivity index (χ0v) is 14.6. The van der Waals surface area contributed by atoms with Crippen LogP contribution < -0.4 is 5.32 Å². The highest BCUT2D eigenvalue weighted by molar-refractivity contribution is 6.33. The van der Waals surface area contributed by atoms with E-state index in [2.05, 4.69) is 15.5 Å². The van der Waals surface area contributed by atoms with Gasteiger partial charge >= 0.3 is 0 Å². The number of benzene rings is 2. The SMILES string of the molecule is O=C(/C=C/c1ccc([N+](=O)[O-])cc1)NCc1nc(-c2ccccc2Cl)no1. The summed E-state index contributed by atoms with van der Waals surface area (Å²) >= 11 is 6.08. The molecule has 0 spiro atoms. The molecule has 1 aromatic heterocycles. The first kappa shape index (κ1) is 18.3. The second-order valence-corrected chi connectivity index (χ2v) is 5.80. The molecular weight excluding hydrogens is 372 g/mol. The summed E-state index contributed by atoms with van der Waals surface area (Å²) in [5.41, 5.74) is 1.29. The van der Waals surface area contributed by atoms with E-state index in [0.29, 0.717) is 22.0 Å². The third kappa shape index (κ3) is 4.77. The number of nitro groups is 1. The number of nitrogens with one attached hydrogen (secondary N) is 1. The first-order valence-electron chi connectivity index (χ1n) is 7.81. The van der Waals surface area contributed by atoms with Crippen molar-refractivity contribution >= 4 is 29.3 Å². The number of carbonyl (C=O) groups excluding carboxylic acids is 1. The Balaban J connectivity index is 1.56. The number of nitro benzene ring substituents is 1. The topological polar surface area (TPSA) is 111 Å². The zero-order valence-electron chi connectivity index (χ0n) is 13.8. The van der Waals surface area contributed by atoms with Gasteiger partial charge in [0.15, 0.2) is 0 Å². The van der Waals surface area contributed by atoms with Crippen molar-refractivity contribution in [1.29, 1.82) is 0 Å². The normalized spacial score (nSPS) is 10.9. The van der Waals surface area contributed by atoms with Gasteiger partial charge in [-0.25, -0.2) is 0 Å². The Morgan fingerprint density at radius 3 is 2.67 bits per heavy atom. The van der Waals surface area contributed by atoms with Gasteiger partial charge in [-0.1, -0.05) is 28.9 Å². The molecule has 0 aliphatic carbocycles. The Hall–Kier alpha value is -3.52. The van der Waals surface area contributed by atoms with Crippen LogP contribution in [-0.2, 0) is 11.3 Å². The van der Waals surface area contributed by atoms with Gasteiger partial charge in [-0.05, 0) is 35.9 Å². The van der Waals surface area contributed by atoms with Gasteiger partial charge in [0.2, 0.25) is 17.6 Å². The van der Waals surface area contributed by atoms with E-state index in [0.717, 1.165) is 0 Å². The van der Waals surface area contributed by atoms with E-state index in [-0.39, 0.29) is 24.0 Å². The number of carbonyl (C=O) groups is 1. The quantitative estimate of drug-likeness (QED) is 0.394. The van der Waals surface area contributed by atoms with Crippen LogP contribution in [0.3, 0.4) is 0 Å². The van der Waals surface area contributed by atoms with Crippen molar-refractivity contribution in [2.24, 2.45) is 0 Å². The van der Waals surface area contributed by atoms with Crippen LogP contribution in [0.5, 0.6) is 0 Å². The molecule has 0 radical (unpaired) electrons. The number of nitrogens with zero attached hydrogens (tertiary/aromatic N) is 3. The summed E-state index contributed by atoms with van der Waals surface area (Å²) in [5.74, 6) is 0.208. The second kappa shape index (κ2) is 8.24. The highest BCUT2D eigenvalue weighted by atomic mass is 35.5. The maximum absolute atomic E-state index is 11.9. The summed E-state index contributed by atoms with van der Waals surface area (Å²) in [6.07, 6.45) is 2.86. The standard InChI is InChI=1S/C18H13ClN4O4/c19-15-4-2-1-3-14(15)18-21-17(27-22-18)11-20-16(24)10-7-12-5-8-13(9-6-12)23(25)26/h1-10H,11H2,(H,20,24)/b10-7+. The number of aromatic nitrogens is 2. The van der Waals surface area contributed by atoms with Crippen LogP contribution in [0.1, 0.15) is 11.5 Å². The van der Waals surface area contributed by atoms with Gasteiger partial charge in [0.05, 0.1) is 16.5 Å². The van der Waals surface area contributed by atoms with E-state index in [1.807, 2.05) is 6.07 Å². The fraction of sp³-hybridized carbons (Fsp3) is 0.0556. The van der Waals surface area contributed by atoms with Crippen LogP contribution in [-0.4, -0.2) is 21.0 Å². The third-order valence-electron chi connectivity index (χ3n) is 3.53. The molecular formula is C18H13ClN4O4. The van der Waals surface area contributed by atoms with Gasteiger partial charge in [-0.15, -0.1) is 0 Å². The number of hydrogen-bond donors (Lipinski definition) is 1. The lowest BCUT2D eigenvalue weighted by Crippen LogP contribution is -2.20. The Morgan fingerprint density at radius 2 is 1.96 bits per heavy atom. The summed E-state index contributed by atoms with van der Waals surface area (Å²) in [6, 6.07) is 12.9. The lowest BCUT2D eigenvalue weighted by atomic mass is 10.2. The average molecular weight is 385 g/mol. The molecule has 1 amide bonds. The molecule has 0 fully saturated rings. The first-order chi connectivity index (χ1) is 13.0. The Morgan fingerprint density at radius 1 is 1.22 bits per heavy atom. The second-order valence-electron chi connectivity index (χ2n) is 5.39. The number of non-ortho nitro benzene ring substituents is 1. The molecule has 1 N–H and O–H groups in total. The van der Waals surface area contributed by atoms with E-state index in [1.165, 1.54) is 18.2 Å². The fourth-order valence-corrected chi connectivity index (χ4v) is 2.40. The van der Waals surface area contributed by atoms with Crippen LogP contribution in [0.25, 0.3) is 17.5 Å². The molecule has 0 bridgehead atoms. The smallest absolute Gasteiger partial charge is 0.269 e. The molecule has 3 rings (SSSR count). The summed E-state index contributed by atoms with van der Waals surface area (Å²) < 4.78 is 5.10. The van der Waals surface area contributed by atoms with Crippen molar-refractivity contribution in [2.75, 3.05) is 0 Å². The van der Waals surface area contributed by atoms with Crippen LogP contribution in [0.2, 0.25) is 5.02 Å². The summed E-state index contributed by atoms with van der Waals surface area (Å²) in [7, 11) is 0. The molecule has 0 aliphatic rings. The van der Waals surface area contributed by atoms with Gasteiger partial charge in [0.1, 0.15) is 0 Å². The van der Waals surface area contributed by atoms with E-state index in [1.54, 1.807) is 36.4 Å². The monoisotopic (exact) mass is 384 g/mol. The maximum atomic E-state index is 11.9. The predicted octanol–water partition coefficient (Wildman–Crippen LogP) is 3.63. The molecule has 0 saturated carbocycles. The Bertz CT molecular complexity index is 999. The molecule has 0 atom stereocenters. The van der Waals surface area contributed by atoms with Gasteiger partial charge in [0.25, 0.3) is 5.69 Å². The van der Waals surface area contributed by atoms with Crippen LogP contribution in [0, 0.1) is 10.1 Å². The van der Waals surface area contributed by atoms with Crippen molar-refractivity contribution < 1.29 is 14.2 Å². The Kier molecular flexibility index (Phi) is 5.58. The molecule has 2 aromatic carbocycles. The number of hydrogen-bond acceptors (Lipinski definition) is 6. The highest BCUT2D eigenvalue weighted by Gasteiger charge is 2.11. The maximum Gasteiger partial charge on any atom is 0.269 e. The van der Waals surface area contributed by atoms with Crippen LogP contribution in [0.4, 0.5) is 5.69 Å². The number of amides is 1. The van der Waals surface area contributed by atoms with Crippen molar-refractivity contribution in [3.05, 3.63) is 81.2 Å². The molecule has 136 valence electrons. The summed E-state index contributed by atoms with van der Waals surface area (Å²) in [5, 5.41) is 17.6. The van der Waals surface area contributed by atoms with Crippen LogP contribution in [0.15, 0.2) is 59.1 Å². The largest absolute Gasteiger partial charge is 0.343 e. The van der Waals surface area contributed by atoms with Gasteiger partial charge in [-0.2, -0.15) is 4.98 Å². The van der Waals surface area contributed by atoms with Crippen molar-refractivity contribution in [3.63, 3.8) is 0 Å². The summed E-state index contributed by atoms with van der Waals surface area (Å²) in [4.78, 5) is 26.2. The lowest BCUT2D eigenvalue weighted by molar-refractivity contribution is -0.384. The molecule has 3 aromatic rings. The minimum Gasteiger partial charge on any atom is -0.343 e. The minimum atomic E-state index is -0.485. The predicted molar refractivity (Wildman–Crippen MR) is 98.7 cm³/mol. The van der Waals surface area contributed by atoms with E-state index in [4.69, 9.17) is 16.1 Å². The van der Waals surface area contributed by atoms with Crippen molar-refractivity contribution in [2.45, 2.75) is 6.54 Å². The zero-order chi connectivity index (χ0) is 19.2. The number of rotatable bonds is 6. The lowest BCUT2D eigenvalue weighted by Gasteiger charge is -1.98. The number of halogens is 1. The molecule has 9 heteroatoms. The Labute approximate surface area is 158 Å². The minimum absolute atomic E-state index is 0.0117. The first-order valence-corrected chi connectivity index (χ1v) is 8.18. The van der Waals surface area contributed by atoms with Crippen LogP contribution >= 0.6 is 11.6 Å². The van der Waals surface area contributed by atoms with Gasteiger partial charge in [-0.3, -0.25) is 14.9 Å². The van der Waals surface area contributed by atoms with Crippen molar-refractivity contribution in [3.8, 4) is 11.4 Å². The highest BCUT2D eigenvalue weighted by Crippen LogP contribution is 2.24. The molecule has 0 aliphatic heterocycles. The molecule has 0 saturated heterocycles. The van der Waals surface area contributed by atoms with Crippen molar-refractivity contribution in [1.82, 2.24) is 15.5 Å². The van der Waals surface area contributed by atoms with E-state index < -0.39 is 4.92 Å². The van der Waals surface area contributed by atoms with Gasteiger partial charge in [0, 0.05) is 23.8 Å². The summed E-state index contributed by atoms with van der Waals surface area (Å²) in [6.45, 7) is 0.0564. The molecule has 27 heavy (non-hydrogen) atoms.